The number of benzene rings is 4. The van der Waals surface area contributed by atoms with Gasteiger partial charge in [0.1, 0.15) is 35.6 Å². The second-order valence-corrected chi connectivity index (χ2v) is 11.2. The molecule has 1 saturated heterocycles. The highest BCUT2D eigenvalue weighted by Gasteiger charge is 2.44. The normalized spacial score (nSPS) is 22.6. The van der Waals surface area contributed by atoms with Crippen LogP contribution in [-0.2, 0) is 16.1 Å². The number of hydrogen-bond acceptors (Lipinski definition) is 11. The van der Waals surface area contributed by atoms with Crippen LogP contribution < -0.4 is 9.47 Å². The van der Waals surface area contributed by atoms with Crippen LogP contribution in [0.2, 0.25) is 0 Å². The maximum Gasteiger partial charge on any atom is 0.308 e. The lowest BCUT2D eigenvalue weighted by Gasteiger charge is -2.39. The molecule has 0 saturated carbocycles. The van der Waals surface area contributed by atoms with E-state index in [2.05, 4.69) is 0 Å². The predicted octanol–water partition coefficient (Wildman–Crippen LogP) is 2.92. The van der Waals surface area contributed by atoms with E-state index in [9.17, 15) is 39.9 Å². The minimum atomic E-state index is -1.68. The van der Waals surface area contributed by atoms with Crippen LogP contribution in [0, 0.1) is 6.92 Å². The summed E-state index contributed by atoms with van der Waals surface area (Å²) in [4.78, 5) is 40.7. The summed E-state index contributed by atoms with van der Waals surface area (Å²) in [5.41, 5.74) is -0.168. The molecular weight excluding hydrogens is 584 g/mol. The van der Waals surface area contributed by atoms with E-state index >= 15 is 0 Å². The third-order valence-corrected chi connectivity index (χ3v) is 8.32. The topological polar surface area (TPSA) is 180 Å². The van der Waals surface area contributed by atoms with Crippen LogP contribution in [-0.4, -0.2) is 73.8 Å². The highest BCUT2D eigenvalue weighted by Crippen LogP contribution is 2.47. The minimum absolute atomic E-state index is 0.0208. The summed E-state index contributed by atoms with van der Waals surface area (Å²) in [6.07, 6.45) is -7.06. The van der Waals surface area contributed by atoms with Gasteiger partial charge < -0.3 is 39.7 Å². The summed E-state index contributed by atoms with van der Waals surface area (Å²) in [6.45, 7) is 3.42. The number of phenols is 1. The van der Waals surface area contributed by atoms with Crippen molar-refractivity contribution in [2.24, 2.45) is 0 Å². The van der Waals surface area contributed by atoms with E-state index in [1.165, 1.54) is 32.9 Å². The van der Waals surface area contributed by atoms with Gasteiger partial charge in [-0.25, -0.2) is 0 Å². The van der Waals surface area contributed by atoms with Gasteiger partial charge in [-0.2, -0.15) is 0 Å². The van der Waals surface area contributed by atoms with Crippen molar-refractivity contribution in [3.05, 3.63) is 88.0 Å². The number of aromatic hydroxyl groups is 1. The smallest absolute Gasteiger partial charge is 0.308 e. The number of aliphatic hydroxyl groups excluding tert-OH is 4. The molecule has 5 N–H and O–H groups in total. The number of esters is 1. The van der Waals surface area contributed by atoms with Gasteiger partial charge in [0.25, 0.3) is 0 Å². The van der Waals surface area contributed by atoms with Crippen molar-refractivity contribution in [1.29, 1.82) is 0 Å². The van der Waals surface area contributed by atoms with E-state index in [-0.39, 0.29) is 50.4 Å². The highest BCUT2D eigenvalue weighted by molar-refractivity contribution is 6.32. The number of fused-ring (bicyclic) bond motifs is 3. The monoisotopic (exact) mass is 614 g/mol. The van der Waals surface area contributed by atoms with Crippen LogP contribution in [0.25, 0.3) is 21.9 Å². The molecule has 45 heavy (non-hydrogen) atoms. The van der Waals surface area contributed by atoms with E-state index in [4.69, 9.17) is 14.2 Å². The van der Waals surface area contributed by atoms with Gasteiger partial charge in [0.2, 0.25) is 6.29 Å². The van der Waals surface area contributed by atoms with Crippen molar-refractivity contribution in [1.82, 2.24) is 0 Å². The summed E-state index contributed by atoms with van der Waals surface area (Å²) in [6, 6.07) is 15.4. The molecule has 5 atom stereocenters. The summed E-state index contributed by atoms with van der Waals surface area (Å²) in [5, 5.41) is 54.0. The van der Waals surface area contributed by atoms with Crippen molar-refractivity contribution in [3.63, 3.8) is 0 Å². The van der Waals surface area contributed by atoms with Gasteiger partial charge >= 0.3 is 5.97 Å². The fraction of sp³-hybridized carbons (Fsp3) is 0.265. The van der Waals surface area contributed by atoms with Gasteiger partial charge in [0.05, 0.1) is 18.3 Å². The van der Waals surface area contributed by atoms with Gasteiger partial charge in [0, 0.05) is 34.7 Å². The Balaban J connectivity index is 1.56. The number of rotatable bonds is 5. The first-order valence-electron chi connectivity index (χ1n) is 14.2. The van der Waals surface area contributed by atoms with Crippen molar-refractivity contribution < 1.29 is 54.1 Å². The molecule has 1 aliphatic carbocycles. The van der Waals surface area contributed by atoms with E-state index < -0.39 is 60.6 Å². The number of ether oxygens (including phenoxy) is 3. The molecule has 232 valence electrons. The van der Waals surface area contributed by atoms with Gasteiger partial charge in [0.15, 0.2) is 11.6 Å². The summed E-state index contributed by atoms with van der Waals surface area (Å²) >= 11 is 0. The molecule has 0 unspecified atom stereocenters. The van der Waals surface area contributed by atoms with Crippen LogP contribution in [0.1, 0.15) is 56.8 Å². The number of aliphatic hydroxyl groups is 4. The number of carbonyl (C=O) groups is 3. The largest absolute Gasteiger partial charge is 0.507 e. The van der Waals surface area contributed by atoms with Gasteiger partial charge in [-0.05, 0) is 53.9 Å². The first kappa shape index (κ1) is 30.4. The van der Waals surface area contributed by atoms with Crippen LogP contribution >= 0.6 is 0 Å². The molecule has 0 amide bonds. The lowest BCUT2D eigenvalue weighted by Crippen LogP contribution is -2.58. The zero-order chi connectivity index (χ0) is 32.3. The average Bonchev–Trinajstić information content (AvgIpc) is 3.02. The van der Waals surface area contributed by atoms with Crippen molar-refractivity contribution in [2.45, 2.75) is 58.1 Å². The standard InChI is InChI=1S/C34H30O11/c1-14-22(45-34-33(42)32(41)29(38)15(2)43-34)12-21-26(28(14)37)31(40)25-20(13-35)11-23(44-16(3)36)24(27(25)30(21)39)19-9-8-17-6-4-5-7-18(17)10-19/h4-12,15,29,32-35,37-38,41-42H,13H2,1-3H3/t15-,29+,32+,33+,34-/m0/s1. The van der Waals surface area contributed by atoms with Crippen LogP contribution in [0.4, 0.5) is 0 Å². The summed E-state index contributed by atoms with van der Waals surface area (Å²) in [5.74, 6) is -2.88. The maximum atomic E-state index is 14.4. The predicted molar refractivity (Wildman–Crippen MR) is 159 cm³/mol. The number of phenolic OH excluding ortho intramolecular Hbond substituents is 1. The Hall–Kier alpha value is -4.65. The zero-order valence-corrected chi connectivity index (χ0v) is 24.5. The Morgan fingerprint density at radius 2 is 1.56 bits per heavy atom. The fourth-order valence-corrected chi connectivity index (χ4v) is 5.96. The van der Waals surface area contributed by atoms with Crippen molar-refractivity contribution >= 4 is 28.3 Å². The van der Waals surface area contributed by atoms with E-state index in [1.807, 2.05) is 30.3 Å². The molecule has 4 aromatic carbocycles. The quantitative estimate of drug-likeness (QED) is 0.145. The Labute approximate surface area is 256 Å². The summed E-state index contributed by atoms with van der Waals surface area (Å²) < 4.78 is 16.9. The van der Waals surface area contributed by atoms with Crippen molar-refractivity contribution in [2.75, 3.05) is 0 Å². The molecule has 11 nitrogen and oxygen atoms in total. The van der Waals surface area contributed by atoms with Gasteiger partial charge in [-0.3, -0.25) is 14.4 Å². The Bertz CT molecular complexity index is 1900. The first-order chi connectivity index (χ1) is 21.4. The number of carbonyl (C=O) groups excluding carboxylic acids is 3. The molecule has 0 aromatic heterocycles. The Morgan fingerprint density at radius 3 is 2.24 bits per heavy atom. The molecule has 1 fully saturated rings. The molecule has 0 radical (unpaired) electrons. The van der Waals surface area contributed by atoms with Gasteiger partial charge in [-0.15, -0.1) is 0 Å². The molecular formula is C34H30O11. The molecule has 0 spiro atoms. The molecule has 6 rings (SSSR count). The lowest BCUT2D eigenvalue weighted by molar-refractivity contribution is -0.268. The molecule has 4 aromatic rings. The van der Waals surface area contributed by atoms with Crippen molar-refractivity contribution in [3.8, 4) is 28.4 Å². The second-order valence-electron chi connectivity index (χ2n) is 11.2. The molecule has 1 heterocycles. The van der Waals surface area contributed by atoms with E-state index in [1.54, 1.807) is 12.1 Å². The lowest BCUT2D eigenvalue weighted by atomic mass is 9.77. The Morgan fingerprint density at radius 1 is 0.844 bits per heavy atom. The summed E-state index contributed by atoms with van der Waals surface area (Å²) in [7, 11) is 0. The third kappa shape index (κ3) is 4.95. The SMILES string of the molecule is CC(=O)Oc1cc(CO)c2c(c1-c1ccc3ccccc3c1)C(=O)c1cc(O[C@@H]3O[C@@H](C)[C@@H](O)[C@@H](O)[C@H]3O)c(C)c(O)c1C2=O. The molecule has 11 heteroatoms. The van der Waals surface area contributed by atoms with Crippen LogP contribution in [0.3, 0.4) is 0 Å². The zero-order valence-electron chi connectivity index (χ0n) is 24.5. The fourth-order valence-electron chi connectivity index (χ4n) is 5.96. The average molecular weight is 615 g/mol. The first-order valence-corrected chi connectivity index (χ1v) is 14.2. The van der Waals surface area contributed by atoms with Crippen LogP contribution in [0.5, 0.6) is 17.2 Å². The molecule has 0 bridgehead atoms. The highest BCUT2D eigenvalue weighted by atomic mass is 16.7. The molecule has 2 aliphatic rings. The second kappa shape index (κ2) is 11.4. The maximum absolute atomic E-state index is 14.4. The van der Waals surface area contributed by atoms with E-state index in [0.717, 1.165) is 10.8 Å². The Kier molecular flexibility index (Phi) is 7.67. The minimum Gasteiger partial charge on any atom is -0.507 e. The molecule has 1 aliphatic heterocycles. The third-order valence-electron chi connectivity index (χ3n) is 8.32. The van der Waals surface area contributed by atoms with Gasteiger partial charge in [-0.1, -0.05) is 36.4 Å². The van der Waals surface area contributed by atoms with E-state index in [0.29, 0.717) is 5.56 Å². The number of hydrogen-bond donors (Lipinski definition) is 5. The number of ketones is 2. The van der Waals surface area contributed by atoms with Crippen LogP contribution in [0.15, 0.2) is 54.6 Å².